The van der Waals surface area contributed by atoms with Gasteiger partial charge in [-0.15, -0.1) is 0 Å². The first kappa shape index (κ1) is 14.7. The molecule has 5 heteroatoms. The van der Waals surface area contributed by atoms with Gasteiger partial charge in [0.05, 0.1) is 0 Å². The van der Waals surface area contributed by atoms with Crippen molar-refractivity contribution < 1.29 is 9.90 Å². The van der Waals surface area contributed by atoms with Crippen molar-refractivity contribution in [2.24, 2.45) is 7.05 Å². The lowest BCUT2D eigenvalue weighted by molar-refractivity contribution is -0.137. The summed E-state index contributed by atoms with van der Waals surface area (Å²) in [6.45, 7) is 6.02. The van der Waals surface area contributed by atoms with Crippen LogP contribution in [-0.2, 0) is 18.3 Å². The average Bonchev–Trinajstić information content (AvgIpc) is 2.68. The Morgan fingerprint density at radius 3 is 2.72 bits per heavy atom. The van der Waals surface area contributed by atoms with E-state index in [1.807, 2.05) is 17.8 Å². The second kappa shape index (κ2) is 7.16. The lowest BCUT2D eigenvalue weighted by Crippen LogP contribution is -2.34. The largest absolute Gasteiger partial charge is 0.481 e. The van der Waals surface area contributed by atoms with Crippen LogP contribution >= 0.6 is 0 Å². The van der Waals surface area contributed by atoms with Crippen molar-refractivity contribution in [1.29, 1.82) is 0 Å². The monoisotopic (exact) mass is 253 g/mol. The molecular formula is C13H23N3O2. The van der Waals surface area contributed by atoms with Gasteiger partial charge in [0.15, 0.2) is 0 Å². The molecule has 0 aliphatic heterocycles. The first-order valence-electron chi connectivity index (χ1n) is 6.42. The Hall–Kier alpha value is -1.36. The molecule has 0 aliphatic carbocycles. The van der Waals surface area contributed by atoms with Gasteiger partial charge in [0.25, 0.3) is 0 Å². The summed E-state index contributed by atoms with van der Waals surface area (Å²) in [6, 6.07) is 0.430. The highest BCUT2D eigenvalue weighted by molar-refractivity contribution is 5.66. The number of hydrogen-bond acceptors (Lipinski definition) is 3. The molecule has 102 valence electrons. The maximum atomic E-state index is 10.5. The van der Waals surface area contributed by atoms with Crippen molar-refractivity contribution in [3.63, 3.8) is 0 Å². The number of rotatable bonds is 8. The molecule has 0 aliphatic rings. The van der Waals surface area contributed by atoms with Crippen LogP contribution in [-0.4, -0.2) is 44.7 Å². The Balaban J connectivity index is 2.38. The number of carbonyl (C=O) groups is 1. The zero-order valence-electron chi connectivity index (χ0n) is 11.5. The number of aryl methyl sites for hydroxylation is 1. The van der Waals surface area contributed by atoms with Crippen molar-refractivity contribution in [1.82, 2.24) is 14.5 Å². The van der Waals surface area contributed by atoms with E-state index in [1.54, 1.807) is 6.20 Å². The van der Waals surface area contributed by atoms with E-state index in [0.29, 0.717) is 12.5 Å². The van der Waals surface area contributed by atoms with E-state index < -0.39 is 5.97 Å². The fraction of sp³-hybridized carbons (Fsp3) is 0.692. The smallest absolute Gasteiger partial charge is 0.303 e. The standard InChI is InChI=1S/C13H23N3O2/c1-11(2)16(8-4-5-13(17)18)9-6-12-14-7-10-15(12)3/h7,10-11H,4-6,8-9H2,1-3H3,(H,17,18). The predicted molar refractivity (Wildman–Crippen MR) is 70.5 cm³/mol. The molecule has 5 nitrogen and oxygen atoms in total. The molecule has 0 saturated carbocycles. The zero-order valence-corrected chi connectivity index (χ0v) is 11.5. The van der Waals surface area contributed by atoms with E-state index in [1.165, 1.54) is 0 Å². The molecule has 0 bridgehead atoms. The molecule has 0 unspecified atom stereocenters. The van der Waals surface area contributed by atoms with Crippen LogP contribution in [0.3, 0.4) is 0 Å². The predicted octanol–water partition coefficient (Wildman–Crippen LogP) is 1.54. The Morgan fingerprint density at radius 2 is 2.22 bits per heavy atom. The highest BCUT2D eigenvalue weighted by Gasteiger charge is 2.11. The number of carboxylic acid groups (broad SMARTS) is 1. The maximum absolute atomic E-state index is 10.5. The Kier molecular flexibility index (Phi) is 5.85. The van der Waals surface area contributed by atoms with E-state index >= 15 is 0 Å². The van der Waals surface area contributed by atoms with Crippen molar-refractivity contribution in [3.8, 4) is 0 Å². The first-order chi connectivity index (χ1) is 8.50. The van der Waals surface area contributed by atoms with E-state index in [-0.39, 0.29) is 6.42 Å². The average molecular weight is 253 g/mol. The van der Waals surface area contributed by atoms with Crippen LogP contribution in [0.5, 0.6) is 0 Å². The number of carboxylic acids is 1. The minimum Gasteiger partial charge on any atom is -0.481 e. The quantitative estimate of drug-likeness (QED) is 0.763. The third-order valence-corrected chi connectivity index (χ3v) is 3.11. The number of nitrogens with zero attached hydrogens (tertiary/aromatic N) is 3. The Bertz CT molecular complexity index is 374. The number of aromatic nitrogens is 2. The van der Waals surface area contributed by atoms with E-state index in [4.69, 9.17) is 5.11 Å². The first-order valence-corrected chi connectivity index (χ1v) is 6.42. The van der Waals surface area contributed by atoms with Crippen molar-refractivity contribution in [2.75, 3.05) is 13.1 Å². The van der Waals surface area contributed by atoms with Gasteiger partial charge in [0.2, 0.25) is 0 Å². The lowest BCUT2D eigenvalue weighted by atomic mass is 10.2. The van der Waals surface area contributed by atoms with Gasteiger partial charge in [-0.2, -0.15) is 0 Å². The van der Waals surface area contributed by atoms with Gasteiger partial charge in [-0.25, -0.2) is 4.98 Å². The molecular weight excluding hydrogens is 230 g/mol. The topological polar surface area (TPSA) is 58.4 Å². The summed E-state index contributed by atoms with van der Waals surface area (Å²) >= 11 is 0. The Labute approximate surface area is 108 Å². The number of aliphatic carboxylic acids is 1. The van der Waals surface area contributed by atoms with E-state index in [0.717, 1.165) is 25.3 Å². The lowest BCUT2D eigenvalue weighted by Gasteiger charge is -2.26. The minimum absolute atomic E-state index is 0.242. The third kappa shape index (κ3) is 4.87. The molecule has 1 heterocycles. The molecule has 18 heavy (non-hydrogen) atoms. The SMILES string of the molecule is CC(C)N(CCCC(=O)O)CCc1nccn1C. The summed E-state index contributed by atoms with van der Waals surface area (Å²) in [5.74, 6) is 0.349. The molecule has 1 N–H and O–H groups in total. The van der Waals surface area contributed by atoms with Gasteiger partial charge >= 0.3 is 5.97 Å². The highest BCUT2D eigenvalue weighted by atomic mass is 16.4. The molecule has 0 aromatic carbocycles. The molecule has 0 spiro atoms. The van der Waals surface area contributed by atoms with Gasteiger partial charge in [0.1, 0.15) is 5.82 Å². The van der Waals surface area contributed by atoms with Gasteiger partial charge in [-0.1, -0.05) is 0 Å². The summed E-state index contributed by atoms with van der Waals surface area (Å²) in [4.78, 5) is 17.1. The van der Waals surface area contributed by atoms with Crippen LogP contribution < -0.4 is 0 Å². The highest BCUT2D eigenvalue weighted by Crippen LogP contribution is 2.05. The van der Waals surface area contributed by atoms with Gasteiger partial charge in [-0.05, 0) is 26.8 Å². The van der Waals surface area contributed by atoms with Crippen LogP contribution in [0.2, 0.25) is 0 Å². The van der Waals surface area contributed by atoms with Crippen molar-refractivity contribution in [3.05, 3.63) is 18.2 Å². The number of hydrogen-bond donors (Lipinski definition) is 1. The third-order valence-electron chi connectivity index (χ3n) is 3.11. The van der Waals surface area contributed by atoms with E-state index in [9.17, 15) is 4.79 Å². The summed E-state index contributed by atoms with van der Waals surface area (Å²) in [6.07, 6.45) is 5.59. The van der Waals surface area contributed by atoms with Gasteiger partial charge in [-0.3, -0.25) is 4.79 Å². The molecule has 0 amide bonds. The summed E-state index contributed by atoms with van der Waals surface area (Å²) in [7, 11) is 1.99. The molecule has 0 radical (unpaired) electrons. The normalized spacial score (nSPS) is 11.4. The fourth-order valence-corrected chi connectivity index (χ4v) is 1.94. The van der Waals surface area contributed by atoms with Gasteiger partial charge in [0, 0.05) is 44.9 Å². The second-order valence-corrected chi connectivity index (χ2v) is 4.83. The van der Waals surface area contributed by atoms with Crippen molar-refractivity contribution in [2.45, 2.75) is 39.2 Å². The van der Waals surface area contributed by atoms with Gasteiger partial charge < -0.3 is 14.6 Å². The molecule has 1 aromatic rings. The zero-order chi connectivity index (χ0) is 13.5. The molecule has 0 fully saturated rings. The Morgan fingerprint density at radius 1 is 1.50 bits per heavy atom. The molecule has 1 aromatic heterocycles. The van der Waals surface area contributed by atoms with E-state index in [2.05, 4.69) is 23.7 Å². The van der Waals surface area contributed by atoms with Crippen LogP contribution in [0.1, 0.15) is 32.5 Å². The summed E-state index contributed by atoms with van der Waals surface area (Å²) in [5.41, 5.74) is 0. The summed E-state index contributed by atoms with van der Waals surface area (Å²) in [5, 5.41) is 8.65. The molecule has 0 atom stereocenters. The maximum Gasteiger partial charge on any atom is 0.303 e. The van der Waals surface area contributed by atoms with Crippen LogP contribution in [0.4, 0.5) is 0 Å². The summed E-state index contributed by atoms with van der Waals surface area (Å²) < 4.78 is 2.02. The molecule has 1 rings (SSSR count). The fourth-order valence-electron chi connectivity index (χ4n) is 1.94. The second-order valence-electron chi connectivity index (χ2n) is 4.83. The van der Waals surface area contributed by atoms with Crippen molar-refractivity contribution >= 4 is 5.97 Å². The molecule has 0 saturated heterocycles. The van der Waals surface area contributed by atoms with Crippen LogP contribution in [0, 0.1) is 0 Å². The minimum atomic E-state index is -0.720. The van der Waals surface area contributed by atoms with Crippen LogP contribution in [0.15, 0.2) is 12.4 Å². The number of imidazole rings is 1. The van der Waals surface area contributed by atoms with Crippen LogP contribution in [0.25, 0.3) is 0 Å².